The van der Waals surface area contributed by atoms with Gasteiger partial charge in [-0.1, -0.05) is 0 Å². The highest BCUT2D eigenvalue weighted by molar-refractivity contribution is 7.84. The van der Waals surface area contributed by atoms with E-state index >= 15 is 0 Å². The Morgan fingerprint density at radius 2 is 1.95 bits per heavy atom. The molecule has 0 saturated heterocycles. The summed E-state index contributed by atoms with van der Waals surface area (Å²) in [5, 5.41) is 6.26. The van der Waals surface area contributed by atoms with Gasteiger partial charge in [0.05, 0.1) is 0 Å². The lowest BCUT2D eigenvalue weighted by Crippen LogP contribution is -2.53. The van der Waals surface area contributed by atoms with Gasteiger partial charge in [0.15, 0.2) is 0 Å². The first kappa shape index (κ1) is 16.4. The minimum Gasteiger partial charge on any atom is -0.444 e. The van der Waals surface area contributed by atoms with Crippen molar-refractivity contribution in [3.63, 3.8) is 0 Å². The number of nitrogens with one attached hydrogen (secondary N) is 2. The normalized spacial score (nSPS) is 24.4. The van der Waals surface area contributed by atoms with Crippen LogP contribution in [0.15, 0.2) is 0 Å². The van der Waals surface area contributed by atoms with Gasteiger partial charge < -0.3 is 15.4 Å². The number of hydrogen-bond acceptors (Lipinski definition) is 4. The van der Waals surface area contributed by atoms with Crippen molar-refractivity contribution < 1.29 is 13.7 Å². The molecule has 0 radical (unpaired) electrons. The highest BCUT2D eigenvalue weighted by atomic mass is 32.2. The van der Waals surface area contributed by atoms with Gasteiger partial charge in [0, 0.05) is 34.9 Å². The first-order chi connectivity index (χ1) is 8.76. The Labute approximate surface area is 118 Å². The average molecular weight is 290 g/mol. The summed E-state index contributed by atoms with van der Waals surface area (Å²) in [5.74, 6) is 0.749. The Balaban J connectivity index is 2.04. The third kappa shape index (κ3) is 7.52. The molecule has 1 rings (SSSR count). The van der Waals surface area contributed by atoms with E-state index in [1.807, 2.05) is 20.8 Å². The molecule has 19 heavy (non-hydrogen) atoms. The Kier molecular flexibility index (Phi) is 6.26. The van der Waals surface area contributed by atoms with E-state index in [1.54, 1.807) is 6.26 Å². The van der Waals surface area contributed by atoms with Crippen LogP contribution in [0.1, 0.15) is 40.0 Å². The lowest BCUT2D eigenvalue weighted by atomic mass is 9.87. The van der Waals surface area contributed by atoms with E-state index in [0.29, 0.717) is 6.04 Å². The molecule has 0 aromatic rings. The van der Waals surface area contributed by atoms with E-state index in [-0.39, 0.29) is 12.1 Å². The monoisotopic (exact) mass is 290 g/mol. The second-order valence-electron chi connectivity index (χ2n) is 6.10. The Morgan fingerprint density at radius 3 is 2.47 bits per heavy atom. The molecule has 112 valence electrons. The maximum atomic E-state index is 11.5. The summed E-state index contributed by atoms with van der Waals surface area (Å²) in [7, 11) is -0.702. The Morgan fingerprint density at radius 1 is 1.32 bits per heavy atom. The van der Waals surface area contributed by atoms with Crippen LogP contribution in [0.25, 0.3) is 0 Å². The van der Waals surface area contributed by atoms with Crippen LogP contribution >= 0.6 is 0 Å². The van der Waals surface area contributed by atoms with Crippen molar-refractivity contribution in [1.29, 1.82) is 0 Å². The first-order valence-electron chi connectivity index (χ1n) is 6.79. The molecule has 1 atom stereocenters. The molecule has 1 aliphatic carbocycles. The number of carbonyl (C=O) groups excluding carboxylic acids is 1. The molecule has 0 aromatic heterocycles. The Bertz CT molecular complexity index is 322. The standard InChI is InChI=1S/C13H26N2O3S/c1-13(2,3)18-12(16)15-11-8-10(9-11)14-6-5-7-19(4)17/h10-11,14H,5-9H2,1-4H3,(H,15,16). The zero-order valence-electron chi connectivity index (χ0n) is 12.3. The van der Waals surface area contributed by atoms with Crippen LogP contribution in [0.2, 0.25) is 0 Å². The van der Waals surface area contributed by atoms with Crippen molar-refractivity contribution in [1.82, 2.24) is 10.6 Å². The van der Waals surface area contributed by atoms with E-state index in [9.17, 15) is 9.00 Å². The van der Waals surface area contributed by atoms with Crippen LogP contribution in [-0.4, -0.2) is 46.5 Å². The van der Waals surface area contributed by atoms with Gasteiger partial charge in [-0.3, -0.25) is 4.21 Å². The van der Waals surface area contributed by atoms with Gasteiger partial charge in [0.1, 0.15) is 5.60 Å². The summed E-state index contributed by atoms with van der Waals surface area (Å²) < 4.78 is 16.1. The fraction of sp³-hybridized carbons (Fsp3) is 0.923. The molecule has 0 aliphatic heterocycles. The summed E-state index contributed by atoms with van der Waals surface area (Å²) in [6.07, 6.45) is 4.20. The summed E-state index contributed by atoms with van der Waals surface area (Å²) in [5.41, 5.74) is -0.443. The number of rotatable bonds is 6. The number of amides is 1. The largest absolute Gasteiger partial charge is 0.444 e. The minimum atomic E-state index is -0.702. The molecule has 0 bridgehead atoms. The molecular formula is C13H26N2O3S. The van der Waals surface area contributed by atoms with Crippen LogP contribution in [0.4, 0.5) is 4.79 Å². The quantitative estimate of drug-likeness (QED) is 0.726. The molecule has 1 unspecified atom stereocenters. The molecule has 6 heteroatoms. The molecule has 1 fully saturated rings. The molecule has 1 aliphatic rings. The zero-order valence-corrected chi connectivity index (χ0v) is 13.1. The molecule has 1 saturated carbocycles. The Hall–Kier alpha value is -0.620. The van der Waals surface area contributed by atoms with E-state index in [0.717, 1.165) is 31.6 Å². The zero-order chi connectivity index (χ0) is 14.5. The van der Waals surface area contributed by atoms with Crippen LogP contribution in [-0.2, 0) is 15.5 Å². The number of hydrogen-bond donors (Lipinski definition) is 2. The van der Waals surface area contributed by atoms with Crippen molar-refractivity contribution in [2.45, 2.75) is 57.7 Å². The van der Waals surface area contributed by atoms with Gasteiger partial charge in [-0.25, -0.2) is 4.79 Å². The van der Waals surface area contributed by atoms with E-state index in [2.05, 4.69) is 10.6 Å². The number of ether oxygens (including phenoxy) is 1. The first-order valence-corrected chi connectivity index (χ1v) is 8.52. The van der Waals surface area contributed by atoms with Gasteiger partial charge in [-0.05, 0) is 46.6 Å². The summed E-state index contributed by atoms with van der Waals surface area (Å²) >= 11 is 0. The van der Waals surface area contributed by atoms with Crippen molar-refractivity contribution in [3.8, 4) is 0 Å². The smallest absolute Gasteiger partial charge is 0.407 e. The summed E-state index contributed by atoms with van der Waals surface area (Å²) in [6, 6.07) is 0.679. The molecule has 1 amide bonds. The van der Waals surface area contributed by atoms with Gasteiger partial charge in [0.25, 0.3) is 0 Å². The molecular weight excluding hydrogens is 264 g/mol. The van der Waals surface area contributed by atoms with Crippen molar-refractivity contribution in [2.24, 2.45) is 0 Å². The second kappa shape index (κ2) is 7.24. The van der Waals surface area contributed by atoms with Crippen LogP contribution in [0, 0.1) is 0 Å². The molecule has 2 N–H and O–H groups in total. The number of carbonyl (C=O) groups is 1. The third-order valence-electron chi connectivity index (χ3n) is 2.90. The van der Waals surface area contributed by atoms with Crippen molar-refractivity contribution >= 4 is 16.9 Å². The highest BCUT2D eigenvalue weighted by Crippen LogP contribution is 2.20. The third-order valence-corrected chi connectivity index (χ3v) is 3.76. The maximum Gasteiger partial charge on any atom is 0.407 e. The molecule has 0 heterocycles. The van der Waals surface area contributed by atoms with E-state index in [1.165, 1.54) is 0 Å². The van der Waals surface area contributed by atoms with Gasteiger partial charge in [0.2, 0.25) is 0 Å². The average Bonchev–Trinajstić information content (AvgIpc) is 2.16. The van der Waals surface area contributed by atoms with Gasteiger partial charge in [-0.2, -0.15) is 0 Å². The fourth-order valence-electron chi connectivity index (χ4n) is 1.96. The van der Waals surface area contributed by atoms with E-state index < -0.39 is 16.4 Å². The molecule has 5 nitrogen and oxygen atoms in total. The van der Waals surface area contributed by atoms with Gasteiger partial charge >= 0.3 is 6.09 Å². The number of alkyl carbamates (subject to hydrolysis) is 1. The maximum absolute atomic E-state index is 11.5. The lowest BCUT2D eigenvalue weighted by molar-refractivity contribution is 0.0465. The minimum absolute atomic E-state index is 0.215. The topological polar surface area (TPSA) is 67.4 Å². The summed E-state index contributed by atoms with van der Waals surface area (Å²) in [4.78, 5) is 11.5. The van der Waals surface area contributed by atoms with Crippen LogP contribution in [0.5, 0.6) is 0 Å². The lowest BCUT2D eigenvalue weighted by Gasteiger charge is -2.36. The summed E-state index contributed by atoms with van der Waals surface area (Å²) in [6.45, 7) is 6.46. The predicted molar refractivity (Wildman–Crippen MR) is 77.7 cm³/mol. The van der Waals surface area contributed by atoms with Crippen LogP contribution in [0.3, 0.4) is 0 Å². The molecule has 0 spiro atoms. The SMILES string of the molecule is CS(=O)CCCNC1CC(NC(=O)OC(C)(C)C)C1. The van der Waals surface area contributed by atoms with E-state index in [4.69, 9.17) is 4.74 Å². The van der Waals surface area contributed by atoms with Crippen molar-refractivity contribution in [2.75, 3.05) is 18.6 Å². The molecule has 0 aromatic carbocycles. The predicted octanol–water partition coefficient (Wildman–Crippen LogP) is 1.40. The van der Waals surface area contributed by atoms with Crippen molar-refractivity contribution in [3.05, 3.63) is 0 Å². The highest BCUT2D eigenvalue weighted by Gasteiger charge is 2.30. The second-order valence-corrected chi connectivity index (χ2v) is 7.65. The fourth-order valence-corrected chi connectivity index (χ4v) is 2.51. The van der Waals surface area contributed by atoms with Crippen LogP contribution < -0.4 is 10.6 Å². The van der Waals surface area contributed by atoms with Gasteiger partial charge in [-0.15, -0.1) is 0 Å².